The number of carbonyl (C=O) groups is 1. The van der Waals surface area contributed by atoms with Crippen molar-refractivity contribution in [2.24, 2.45) is 0 Å². The topological polar surface area (TPSA) is 90.1 Å². The highest BCUT2D eigenvalue weighted by molar-refractivity contribution is 7.15. The van der Waals surface area contributed by atoms with Gasteiger partial charge in [-0.15, -0.1) is 10.2 Å². The van der Waals surface area contributed by atoms with Gasteiger partial charge in [0, 0.05) is 0 Å². The van der Waals surface area contributed by atoms with Crippen molar-refractivity contribution in [2.45, 2.75) is 32.7 Å². The Bertz CT molecular complexity index is 630. The number of hydrogen-bond acceptors (Lipinski definition) is 6. The predicted molar refractivity (Wildman–Crippen MR) is 86.8 cm³/mol. The Hall–Kier alpha value is -2.15. The molecule has 1 aromatic heterocycles. The molecule has 0 fully saturated rings. The van der Waals surface area contributed by atoms with E-state index in [2.05, 4.69) is 29.4 Å². The molecule has 1 atom stereocenters. The van der Waals surface area contributed by atoms with Crippen LogP contribution in [0.2, 0.25) is 0 Å². The lowest BCUT2D eigenvalue weighted by Gasteiger charge is -2.15. The van der Waals surface area contributed by atoms with Gasteiger partial charge in [-0.05, 0) is 24.0 Å². The molecule has 0 bridgehead atoms. The highest BCUT2D eigenvalue weighted by atomic mass is 32.1. The van der Waals surface area contributed by atoms with Crippen LogP contribution in [-0.4, -0.2) is 22.7 Å². The van der Waals surface area contributed by atoms with E-state index in [4.69, 9.17) is 10.5 Å². The Morgan fingerprint density at radius 2 is 2.18 bits per heavy atom. The van der Waals surface area contributed by atoms with E-state index in [-0.39, 0.29) is 12.5 Å². The SMILES string of the molecule is CC[C@@H](C)c1ccccc1OCC(=O)NCc1nnc(N)s1. The molecule has 0 spiro atoms. The van der Waals surface area contributed by atoms with Gasteiger partial charge in [-0.2, -0.15) is 0 Å². The van der Waals surface area contributed by atoms with Crippen molar-refractivity contribution in [1.29, 1.82) is 0 Å². The molecular weight excluding hydrogens is 300 g/mol. The third-order valence-corrected chi connectivity index (χ3v) is 4.09. The van der Waals surface area contributed by atoms with Crippen LogP contribution in [-0.2, 0) is 11.3 Å². The lowest BCUT2D eigenvalue weighted by Crippen LogP contribution is -2.28. The van der Waals surface area contributed by atoms with E-state index < -0.39 is 0 Å². The van der Waals surface area contributed by atoms with Gasteiger partial charge in [0.25, 0.3) is 5.91 Å². The highest BCUT2D eigenvalue weighted by Gasteiger charge is 2.11. The van der Waals surface area contributed by atoms with Crippen molar-refractivity contribution in [2.75, 3.05) is 12.3 Å². The van der Waals surface area contributed by atoms with Crippen LogP contribution >= 0.6 is 11.3 Å². The number of carbonyl (C=O) groups excluding carboxylic acids is 1. The minimum absolute atomic E-state index is 0.0261. The van der Waals surface area contributed by atoms with E-state index in [9.17, 15) is 4.79 Å². The molecule has 3 N–H and O–H groups in total. The zero-order valence-electron chi connectivity index (χ0n) is 12.7. The second-order valence-corrected chi connectivity index (χ2v) is 6.04. The summed E-state index contributed by atoms with van der Waals surface area (Å²) in [7, 11) is 0. The molecule has 0 aliphatic heterocycles. The average molecular weight is 320 g/mol. The fraction of sp³-hybridized carbons (Fsp3) is 0.400. The summed E-state index contributed by atoms with van der Waals surface area (Å²) in [6.07, 6.45) is 1.02. The summed E-state index contributed by atoms with van der Waals surface area (Å²) < 4.78 is 5.65. The summed E-state index contributed by atoms with van der Waals surface area (Å²) in [4.78, 5) is 11.8. The van der Waals surface area contributed by atoms with Crippen molar-refractivity contribution in [3.05, 3.63) is 34.8 Å². The molecule has 0 aliphatic rings. The maximum absolute atomic E-state index is 11.8. The molecule has 1 amide bonds. The summed E-state index contributed by atoms with van der Waals surface area (Å²) in [6, 6.07) is 7.81. The fourth-order valence-electron chi connectivity index (χ4n) is 1.95. The van der Waals surface area contributed by atoms with Crippen LogP contribution in [0.15, 0.2) is 24.3 Å². The average Bonchev–Trinajstić information content (AvgIpc) is 2.96. The number of nitrogens with one attached hydrogen (secondary N) is 1. The van der Waals surface area contributed by atoms with Gasteiger partial charge < -0.3 is 15.8 Å². The summed E-state index contributed by atoms with van der Waals surface area (Å²) in [5.74, 6) is 0.948. The summed E-state index contributed by atoms with van der Waals surface area (Å²) in [5, 5.41) is 11.3. The van der Waals surface area contributed by atoms with Crippen molar-refractivity contribution in [3.8, 4) is 5.75 Å². The van der Waals surface area contributed by atoms with Crippen LogP contribution in [0.3, 0.4) is 0 Å². The standard InChI is InChI=1S/C15H20N4O2S/c1-3-10(2)11-6-4-5-7-12(11)21-9-13(20)17-8-14-18-19-15(16)22-14/h4-7,10H,3,8-9H2,1-2H3,(H2,16,19)(H,17,20)/t10-/m1/s1. The second-order valence-electron chi connectivity index (χ2n) is 4.95. The molecule has 2 rings (SSSR count). The first kappa shape index (κ1) is 16.2. The monoisotopic (exact) mass is 320 g/mol. The van der Waals surface area contributed by atoms with Gasteiger partial charge in [0.1, 0.15) is 10.8 Å². The van der Waals surface area contributed by atoms with E-state index >= 15 is 0 Å². The van der Waals surface area contributed by atoms with E-state index in [1.165, 1.54) is 11.3 Å². The zero-order valence-corrected chi connectivity index (χ0v) is 13.5. The van der Waals surface area contributed by atoms with Gasteiger partial charge in [-0.3, -0.25) is 4.79 Å². The molecule has 0 unspecified atom stereocenters. The number of nitrogens with two attached hydrogens (primary N) is 1. The smallest absolute Gasteiger partial charge is 0.258 e. The van der Waals surface area contributed by atoms with Crippen molar-refractivity contribution in [1.82, 2.24) is 15.5 Å². The molecular formula is C15H20N4O2S. The number of nitrogens with zero attached hydrogens (tertiary/aromatic N) is 2. The Labute approximate surface area is 133 Å². The molecule has 0 aliphatic carbocycles. The molecule has 0 saturated heterocycles. The van der Waals surface area contributed by atoms with Crippen LogP contribution in [0.4, 0.5) is 5.13 Å². The first-order chi connectivity index (χ1) is 10.6. The quantitative estimate of drug-likeness (QED) is 0.817. The molecule has 1 aromatic carbocycles. The Morgan fingerprint density at radius 1 is 1.41 bits per heavy atom. The van der Waals surface area contributed by atoms with Gasteiger partial charge in [-0.1, -0.05) is 43.4 Å². The Kier molecular flexibility index (Phi) is 5.71. The van der Waals surface area contributed by atoms with Crippen molar-refractivity contribution >= 4 is 22.4 Å². The minimum Gasteiger partial charge on any atom is -0.483 e. The molecule has 22 heavy (non-hydrogen) atoms. The van der Waals surface area contributed by atoms with Crippen LogP contribution < -0.4 is 15.8 Å². The van der Waals surface area contributed by atoms with Crippen molar-refractivity contribution < 1.29 is 9.53 Å². The molecule has 0 saturated carbocycles. The molecule has 1 heterocycles. The molecule has 6 nitrogen and oxygen atoms in total. The van der Waals surface area contributed by atoms with Gasteiger partial charge in [0.05, 0.1) is 6.54 Å². The minimum atomic E-state index is -0.201. The van der Waals surface area contributed by atoms with Crippen molar-refractivity contribution in [3.63, 3.8) is 0 Å². The fourth-order valence-corrected chi connectivity index (χ4v) is 2.49. The molecule has 2 aromatic rings. The van der Waals surface area contributed by atoms with Gasteiger partial charge in [0.15, 0.2) is 6.61 Å². The molecule has 0 radical (unpaired) electrons. The van der Waals surface area contributed by atoms with E-state index in [1.807, 2.05) is 24.3 Å². The largest absolute Gasteiger partial charge is 0.483 e. The van der Waals surface area contributed by atoms with Crippen LogP contribution in [0.5, 0.6) is 5.75 Å². The van der Waals surface area contributed by atoms with E-state index in [0.29, 0.717) is 22.6 Å². The number of amides is 1. The van der Waals surface area contributed by atoms with Gasteiger partial charge >= 0.3 is 0 Å². The van der Waals surface area contributed by atoms with Gasteiger partial charge in [-0.25, -0.2) is 0 Å². The third kappa shape index (κ3) is 4.42. The maximum atomic E-state index is 11.8. The number of para-hydroxylation sites is 1. The summed E-state index contributed by atoms with van der Waals surface area (Å²) in [5.41, 5.74) is 6.61. The van der Waals surface area contributed by atoms with Gasteiger partial charge in [0.2, 0.25) is 5.13 Å². The van der Waals surface area contributed by atoms with E-state index in [0.717, 1.165) is 17.7 Å². The molecule has 118 valence electrons. The number of aromatic nitrogens is 2. The van der Waals surface area contributed by atoms with Crippen LogP contribution in [0.25, 0.3) is 0 Å². The lowest BCUT2D eigenvalue weighted by atomic mass is 9.98. The highest BCUT2D eigenvalue weighted by Crippen LogP contribution is 2.28. The number of anilines is 1. The number of nitrogen functional groups attached to an aromatic ring is 1. The Morgan fingerprint density at radius 3 is 2.86 bits per heavy atom. The first-order valence-electron chi connectivity index (χ1n) is 7.16. The molecule has 7 heteroatoms. The zero-order chi connectivity index (χ0) is 15.9. The van der Waals surface area contributed by atoms with Crippen LogP contribution in [0, 0.1) is 0 Å². The second kappa shape index (κ2) is 7.74. The maximum Gasteiger partial charge on any atom is 0.258 e. The summed E-state index contributed by atoms with van der Waals surface area (Å²) >= 11 is 1.25. The van der Waals surface area contributed by atoms with E-state index in [1.54, 1.807) is 0 Å². The third-order valence-electron chi connectivity index (χ3n) is 3.34. The number of rotatable bonds is 7. The van der Waals surface area contributed by atoms with Crippen LogP contribution in [0.1, 0.15) is 36.8 Å². The first-order valence-corrected chi connectivity index (χ1v) is 7.98. The Balaban J connectivity index is 1.86. The summed E-state index contributed by atoms with van der Waals surface area (Å²) in [6.45, 7) is 4.55. The number of hydrogen-bond donors (Lipinski definition) is 2. The predicted octanol–water partition coefficient (Wildman–Crippen LogP) is 2.33. The number of ether oxygens (including phenoxy) is 1. The lowest BCUT2D eigenvalue weighted by molar-refractivity contribution is -0.123. The normalized spacial score (nSPS) is 11.9. The number of benzene rings is 1.